The van der Waals surface area contributed by atoms with Crippen LogP contribution in [-0.4, -0.2) is 34.0 Å². The fourth-order valence-corrected chi connectivity index (χ4v) is 5.17. The topological polar surface area (TPSA) is 148 Å². The highest BCUT2D eigenvalue weighted by molar-refractivity contribution is 7.89. The molecule has 0 aliphatic heterocycles. The van der Waals surface area contributed by atoms with Gasteiger partial charge in [0.05, 0.1) is 34.5 Å². The number of nitrogens with two attached hydrogens (primary N) is 1. The minimum Gasteiger partial charge on any atom is -0.593 e. The van der Waals surface area contributed by atoms with E-state index in [0.717, 1.165) is 48.2 Å². The molecule has 6 rings (SSSR count). The average Bonchev–Trinajstić information content (AvgIpc) is 3.81. The SMILES string of the molecule is Cc1ncnc(C2CC2)c1-c1ncc2nc(NCc3ccc([S+](N)[O-])cc3)c(=O)n([C@@H](C)C3CC3)c2n1. The fraction of sp³-hybridized carbons (Fsp3) is 0.385. The van der Waals surface area contributed by atoms with Gasteiger partial charge in [-0.3, -0.25) is 9.36 Å². The van der Waals surface area contributed by atoms with E-state index in [1.54, 1.807) is 29.2 Å². The summed E-state index contributed by atoms with van der Waals surface area (Å²) in [6.07, 6.45) is 7.66. The van der Waals surface area contributed by atoms with Gasteiger partial charge in [-0.05, 0) is 63.1 Å². The summed E-state index contributed by atoms with van der Waals surface area (Å²) in [5, 5.41) is 8.63. The lowest BCUT2D eigenvalue weighted by Crippen LogP contribution is -2.29. The number of hydrogen-bond acceptors (Lipinski definition) is 9. The monoisotopic (exact) mass is 516 g/mol. The number of aromatic nitrogens is 6. The Kier molecular flexibility index (Phi) is 6.13. The van der Waals surface area contributed by atoms with Crippen molar-refractivity contribution in [2.24, 2.45) is 11.1 Å². The van der Waals surface area contributed by atoms with Crippen LogP contribution >= 0.6 is 0 Å². The second kappa shape index (κ2) is 9.47. The van der Waals surface area contributed by atoms with E-state index in [9.17, 15) is 9.35 Å². The smallest absolute Gasteiger partial charge is 0.295 e. The Labute approximate surface area is 217 Å². The minimum atomic E-state index is -1.53. The van der Waals surface area contributed by atoms with Crippen LogP contribution in [0.3, 0.4) is 0 Å². The predicted octanol–water partition coefficient (Wildman–Crippen LogP) is 3.39. The Bertz CT molecular complexity index is 1530. The molecule has 190 valence electrons. The molecule has 0 amide bonds. The van der Waals surface area contributed by atoms with Crippen LogP contribution in [0.25, 0.3) is 22.6 Å². The molecule has 4 aromatic rings. The summed E-state index contributed by atoms with van der Waals surface area (Å²) in [6, 6.07) is 7.08. The molecule has 2 fully saturated rings. The number of anilines is 1. The number of aryl methyl sites for hydroxylation is 1. The highest BCUT2D eigenvalue weighted by Crippen LogP contribution is 2.43. The van der Waals surface area contributed by atoms with E-state index in [4.69, 9.17) is 10.1 Å². The highest BCUT2D eigenvalue weighted by atomic mass is 32.2. The van der Waals surface area contributed by atoms with Gasteiger partial charge in [0.1, 0.15) is 11.8 Å². The van der Waals surface area contributed by atoms with Gasteiger partial charge >= 0.3 is 0 Å². The van der Waals surface area contributed by atoms with E-state index >= 15 is 0 Å². The average molecular weight is 517 g/mol. The summed E-state index contributed by atoms with van der Waals surface area (Å²) in [5.74, 6) is 1.62. The number of fused-ring (bicyclic) bond motifs is 1. The number of nitrogens with one attached hydrogen (secondary N) is 1. The van der Waals surface area contributed by atoms with E-state index in [-0.39, 0.29) is 17.4 Å². The maximum Gasteiger partial charge on any atom is 0.295 e. The Hall–Kier alpha value is -3.41. The Morgan fingerprint density at radius 1 is 1.14 bits per heavy atom. The molecule has 37 heavy (non-hydrogen) atoms. The Morgan fingerprint density at radius 2 is 1.89 bits per heavy atom. The van der Waals surface area contributed by atoms with Gasteiger partial charge in [-0.2, -0.15) is 0 Å². The summed E-state index contributed by atoms with van der Waals surface area (Å²) in [4.78, 5) is 37.4. The van der Waals surface area contributed by atoms with Crippen LogP contribution in [0.2, 0.25) is 0 Å². The van der Waals surface area contributed by atoms with Gasteiger partial charge < -0.3 is 9.87 Å². The molecule has 1 unspecified atom stereocenters. The van der Waals surface area contributed by atoms with Crippen molar-refractivity contribution in [2.75, 3.05) is 5.32 Å². The second-order valence-electron chi connectivity index (χ2n) is 9.90. The molecule has 3 heterocycles. The normalized spacial score (nSPS) is 17.1. The molecule has 3 aromatic heterocycles. The third-order valence-electron chi connectivity index (χ3n) is 7.21. The molecule has 2 atom stereocenters. The van der Waals surface area contributed by atoms with Gasteiger partial charge in [-0.25, -0.2) is 24.9 Å². The zero-order valence-electron chi connectivity index (χ0n) is 20.7. The quantitative estimate of drug-likeness (QED) is 0.336. The molecule has 0 radical (unpaired) electrons. The van der Waals surface area contributed by atoms with Crippen molar-refractivity contribution in [3.8, 4) is 11.4 Å². The largest absolute Gasteiger partial charge is 0.593 e. The molecular formula is C26H28N8O2S. The first-order valence-electron chi connectivity index (χ1n) is 12.5. The van der Waals surface area contributed by atoms with Gasteiger partial charge in [0.25, 0.3) is 5.56 Å². The zero-order valence-corrected chi connectivity index (χ0v) is 21.5. The molecule has 2 aliphatic carbocycles. The van der Waals surface area contributed by atoms with Gasteiger partial charge in [0.15, 0.2) is 22.2 Å². The molecule has 10 nitrogen and oxygen atoms in total. The van der Waals surface area contributed by atoms with Crippen LogP contribution in [0.15, 0.2) is 46.5 Å². The number of nitrogens with zero attached hydrogens (tertiary/aromatic N) is 6. The maximum absolute atomic E-state index is 13.7. The lowest BCUT2D eigenvalue weighted by atomic mass is 10.1. The summed E-state index contributed by atoms with van der Waals surface area (Å²) in [6.45, 7) is 4.40. The van der Waals surface area contributed by atoms with E-state index in [0.29, 0.717) is 40.3 Å². The lowest BCUT2D eigenvalue weighted by molar-refractivity contribution is 0.482. The zero-order chi connectivity index (χ0) is 25.7. The third kappa shape index (κ3) is 4.70. The van der Waals surface area contributed by atoms with Gasteiger partial charge in [-0.1, -0.05) is 12.1 Å². The molecule has 0 saturated heterocycles. The van der Waals surface area contributed by atoms with Crippen LogP contribution in [0, 0.1) is 12.8 Å². The van der Waals surface area contributed by atoms with Gasteiger partial charge in [-0.15, -0.1) is 5.14 Å². The first kappa shape index (κ1) is 24.0. The molecule has 2 saturated carbocycles. The number of benzene rings is 1. The summed E-state index contributed by atoms with van der Waals surface area (Å²) < 4.78 is 13.2. The van der Waals surface area contributed by atoms with Crippen molar-refractivity contribution in [3.63, 3.8) is 0 Å². The van der Waals surface area contributed by atoms with E-state index in [1.165, 1.54) is 0 Å². The molecule has 11 heteroatoms. The van der Waals surface area contributed by atoms with Crippen molar-refractivity contribution < 1.29 is 4.55 Å². The number of hydrogen-bond donors (Lipinski definition) is 2. The van der Waals surface area contributed by atoms with Crippen LogP contribution < -0.4 is 16.0 Å². The number of rotatable bonds is 8. The Balaban J connectivity index is 1.41. The first-order valence-corrected chi connectivity index (χ1v) is 13.7. The van der Waals surface area contributed by atoms with Crippen LogP contribution in [-0.2, 0) is 17.9 Å². The minimum absolute atomic E-state index is 0.0175. The summed E-state index contributed by atoms with van der Waals surface area (Å²) >= 11 is -1.53. The fourth-order valence-electron chi connectivity index (χ4n) is 4.77. The standard InChI is InChI=1S/C26H28N8O2S/c1-14-21(22(18-7-8-18)31-13-30-14)23-29-12-20-25(33-23)34(15(2)17-5-6-17)26(35)24(32-20)28-11-16-3-9-19(10-4-16)37(27)36/h3-4,9-10,12-13,15,17-18H,5-8,11,27H2,1-2H3,(H,28,32)/t15-,37?/m0/s1. The summed E-state index contributed by atoms with van der Waals surface area (Å²) in [5.41, 5.74) is 4.45. The van der Waals surface area contributed by atoms with Crippen molar-refractivity contribution in [3.05, 3.63) is 64.1 Å². The van der Waals surface area contributed by atoms with Crippen LogP contribution in [0.1, 0.15) is 61.5 Å². The second-order valence-corrected chi connectivity index (χ2v) is 11.0. The Morgan fingerprint density at radius 3 is 2.57 bits per heavy atom. The van der Waals surface area contributed by atoms with Crippen molar-refractivity contribution in [1.29, 1.82) is 0 Å². The molecular weight excluding hydrogens is 488 g/mol. The maximum atomic E-state index is 13.7. The summed E-state index contributed by atoms with van der Waals surface area (Å²) in [7, 11) is 0. The van der Waals surface area contributed by atoms with E-state index < -0.39 is 11.4 Å². The van der Waals surface area contributed by atoms with Crippen LogP contribution in [0.4, 0.5) is 5.82 Å². The van der Waals surface area contributed by atoms with E-state index in [2.05, 4.69) is 32.2 Å². The van der Waals surface area contributed by atoms with Gasteiger partial charge in [0.2, 0.25) is 0 Å². The highest BCUT2D eigenvalue weighted by Gasteiger charge is 2.33. The lowest BCUT2D eigenvalue weighted by Gasteiger charge is -2.19. The van der Waals surface area contributed by atoms with Crippen molar-refractivity contribution >= 4 is 28.3 Å². The van der Waals surface area contributed by atoms with Crippen molar-refractivity contribution in [2.45, 2.75) is 62.9 Å². The molecule has 2 aliphatic rings. The first-order chi connectivity index (χ1) is 17.9. The predicted molar refractivity (Wildman–Crippen MR) is 141 cm³/mol. The van der Waals surface area contributed by atoms with Crippen molar-refractivity contribution in [1.82, 2.24) is 29.5 Å². The molecule has 1 aromatic carbocycles. The van der Waals surface area contributed by atoms with E-state index in [1.807, 2.05) is 19.1 Å². The van der Waals surface area contributed by atoms with Gasteiger partial charge in [0, 0.05) is 18.5 Å². The van der Waals surface area contributed by atoms with Crippen LogP contribution in [0.5, 0.6) is 0 Å². The third-order valence-corrected chi connectivity index (χ3v) is 7.95. The molecule has 0 bridgehead atoms. The molecule has 3 N–H and O–H groups in total. The molecule has 0 spiro atoms.